The van der Waals surface area contributed by atoms with E-state index < -0.39 is 0 Å². The standard InChI is InChI=1S/C10H21NO2/c1-10(5-8-13-9-10)11-6-3-2-4-7-12/h11-12H,2-9H2,1H3. The molecule has 13 heavy (non-hydrogen) atoms. The van der Waals surface area contributed by atoms with Crippen molar-refractivity contribution < 1.29 is 9.84 Å². The Morgan fingerprint density at radius 3 is 2.85 bits per heavy atom. The average molecular weight is 187 g/mol. The van der Waals surface area contributed by atoms with E-state index in [4.69, 9.17) is 9.84 Å². The van der Waals surface area contributed by atoms with Crippen LogP contribution in [0, 0.1) is 0 Å². The Bertz CT molecular complexity index is 133. The molecule has 0 aromatic carbocycles. The third kappa shape index (κ3) is 4.07. The molecular weight excluding hydrogens is 166 g/mol. The maximum atomic E-state index is 8.59. The number of unbranched alkanes of at least 4 members (excludes halogenated alkanes) is 2. The number of nitrogens with one attached hydrogen (secondary N) is 1. The topological polar surface area (TPSA) is 41.5 Å². The van der Waals surface area contributed by atoms with Crippen molar-refractivity contribution in [3.05, 3.63) is 0 Å². The first kappa shape index (κ1) is 11.0. The van der Waals surface area contributed by atoms with E-state index in [0.717, 1.165) is 45.4 Å². The Kier molecular flexibility index (Phi) is 4.70. The summed E-state index contributed by atoms with van der Waals surface area (Å²) < 4.78 is 5.34. The van der Waals surface area contributed by atoms with E-state index in [9.17, 15) is 0 Å². The monoisotopic (exact) mass is 187 g/mol. The smallest absolute Gasteiger partial charge is 0.0646 e. The second-order valence-electron chi connectivity index (χ2n) is 4.07. The van der Waals surface area contributed by atoms with Crippen molar-refractivity contribution in [1.82, 2.24) is 5.32 Å². The molecule has 0 aromatic rings. The summed E-state index contributed by atoms with van der Waals surface area (Å²) in [5.74, 6) is 0. The predicted octanol–water partition coefficient (Wildman–Crippen LogP) is 0.918. The van der Waals surface area contributed by atoms with Gasteiger partial charge in [0.05, 0.1) is 6.61 Å². The minimum atomic E-state index is 0.208. The van der Waals surface area contributed by atoms with Gasteiger partial charge < -0.3 is 15.2 Å². The lowest BCUT2D eigenvalue weighted by molar-refractivity contribution is 0.171. The molecule has 2 N–H and O–H groups in total. The van der Waals surface area contributed by atoms with Crippen LogP contribution in [0.15, 0.2) is 0 Å². The van der Waals surface area contributed by atoms with Gasteiger partial charge in [-0.2, -0.15) is 0 Å². The van der Waals surface area contributed by atoms with Crippen LogP contribution in [-0.4, -0.2) is 37.0 Å². The molecule has 1 aliphatic rings. The number of aliphatic hydroxyl groups is 1. The van der Waals surface area contributed by atoms with Gasteiger partial charge in [0.15, 0.2) is 0 Å². The largest absolute Gasteiger partial charge is 0.396 e. The Balaban J connectivity index is 1.98. The van der Waals surface area contributed by atoms with Crippen molar-refractivity contribution >= 4 is 0 Å². The van der Waals surface area contributed by atoms with E-state index in [-0.39, 0.29) is 5.54 Å². The van der Waals surface area contributed by atoms with Gasteiger partial charge in [-0.1, -0.05) is 0 Å². The molecule has 0 amide bonds. The van der Waals surface area contributed by atoms with Gasteiger partial charge >= 0.3 is 0 Å². The molecule has 1 fully saturated rings. The van der Waals surface area contributed by atoms with Gasteiger partial charge in [-0.05, 0) is 39.2 Å². The van der Waals surface area contributed by atoms with Gasteiger partial charge in [0.1, 0.15) is 0 Å². The van der Waals surface area contributed by atoms with Crippen LogP contribution in [0.1, 0.15) is 32.6 Å². The maximum Gasteiger partial charge on any atom is 0.0646 e. The van der Waals surface area contributed by atoms with Crippen molar-refractivity contribution in [1.29, 1.82) is 0 Å². The lowest BCUT2D eigenvalue weighted by Gasteiger charge is -2.23. The van der Waals surface area contributed by atoms with E-state index in [1.54, 1.807) is 0 Å². The molecule has 1 heterocycles. The molecule has 1 aliphatic heterocycles. The zero-order chi connectivity index (χ0) is 9.57. The Morgan fingerprint density at radius 1 is 1.38 bits per heavy atom. The number of aliphatic hydroxyl groups excluding tert-OH is 1. The molecular formula is C10H21NO2. The minimum absolute atomic E-state index is 0.208. The van der Waals surface area contributed by atoms with E-state index in [0.29, 0.717) is 6.61 Å². The highest BCUT2D eigenvalue weighted by molar-refractivity contribution is 4.86. The first-order valence-electron chi connectivity index (χ1n) is 5.20. The summed E-state index contributed by atoms with van der Waals surface area (Å²) in [6.07, 6.45) is 4.30. The highest BCUT2D eigenvalue weighted by atomic mass is 16.5. The fraction of sp³-hybridized carbons (Fsp3) is 1.00. The summed E-state index contributed by atoms with van der Waals surface area (Å²) in [5.41, 5.74) is 0.208. The van der Waals surface area contributed by atoms with Crippen molar-refractivity contribution in [3.63, 3.8) is 0 Å². The van der Waals surface area contributed by atoms with E-state index in [1.807, 2.05) is 0 Å². The van der Waals surface area contributed by atoms with E-state index >= 15 is 0 Å². The molecule has 78 valence electrons. The maximum absolute atomic E-state index is 8.59. The van der Waals surface area contributed by atoms with Crippen LogP contribution in [0.3, 0.4) is 0 Å². The van der Waals surface area contributed by atoms with Crippen LogP contribution < -0.4 is 5.32 Å². The molecule has 0 radical (unpaired) electrons. The van der Waals surface area contributed by atoms with Gasteiger partial charge in [0.25, 0.3) is 0 Å². The number of hydrogen-bond acceptors (Lipinski definition) is 3. The first-order chi connectivity index (χ1) is 6.27. The van der Waals surface area contributed by atoms with Gasteiger partial charge in [0.2, 0.25) is 0 Å². The zero-order valence-electron chi connectivity index (χ0n) is 8.51. The quantitative estimate of drug-likeness (QED) is 0.607. The van der Waals surface area contributed by atoms with Crippen LogP contribution in [0.2, 0.25) is 0 Å². The molecule has 0 aromatic heterocycles. The van der Waals surface area contributed by atoms with Crippen molar-refractivity contribution in [2.75, 3.05) is 26.4 Å². The van der Waals surface area contributed by atoms with Crippen LogP contribution in [-0.2, 0) is 4.74 Å². The molecule has 3 nitrogen and oxygen atoms in total. The molecule has 1 unspecified atom stereocenters. The highest BCUT2D eigenvalue weighted by Crippen LogP contribution is 2.17. The summed E-state index contributed by atoms with van der Waals surface area (Å²) in [4.78, 5) is 0. The van der Waals surface area contributed by atoms with Gasteiger partial charge in [-0.25, -0.2) is 0 Å². The molecule has 0 saturated carbocycles. The Labute approximate surface area is 80.5 Å². The number of ether oxygens (including phenoxy) is 1. The molecule has 1 rings (SSSR count). The fourth-order valence-corrected chi connectivity index (χ4v) is 1.61. The first-order valence-corrected chi connectivity index (χ1v) is 5.20. The second-order valence-corrected chi connectivity index (χ2v) is 4.07. The molecule has 0 spiro atoms. The lowest BCUT2D eigenvalue weighted by atomic mass is 10.0. The van der Waals surface area contributed by atoms with Crippen LogP contribution in [0.4, 0.5) is 0 Å². The zero-order valence-corrected chi connectivity index (χ0v) is 8.51. The molecule has 1 saturated heterocycles. The summed E-state index contributed by atoms with van der Waals surface area (Å²) in [6.45, 7) is 5.30. The fourth-order valence-electron chi connectivity index (χ4n) is 1.61. The van der Waals surface area contributed by atoms with Crippen LogP contribution >= 0.6 is 0 Å². The Hall–Kier alpha value is -0.120. The summed E-state index contributed by atoms with van der Waals surface area (Å²) >= 11 is 0. The van der Waals surface area contributed by atoms with Crippen LogP contribution in [0.25, 0.3) is 0 Å². The number of rotatable bonds is 6. The predicted molar refractivity (Wildman–Crippen MR) is 52.8 cm³/mol. The van der Waals surface area contributed by atoms with Gasteiger partial charge in [-0.15, -0.1) is 0 Å². The average Bonchev–Trinajstić information content (AvgIpc) is 2.53. The van der Waals surface area contributed by atoms with Crippen molar-refractivity contribution in [2.45, 2.75) is 38.1 Å². The third-order valence-electron chi connectivity index (χ3n) is 2.61. The van der Waals surface area contributed by atoms with Crippen molar-refractivity contribution in [2.24, 2.45) is 0 Å². The highest BCUT2D eigenvalue weighted by Gasteiger charge is 2.28. The Morgan fingerprint density at radius 2 is 2.23 bits per heavy atom. The normalized spacial score (nSPS) is 28.2. The van der Waals surface area contributed by atoms with E-state index in [2.05, 4.69) is 12.2 Å². The summed E-state index contributed by atoms with van der Waals surface area (Å²) in [6, 6.07) is 0. The van der Waals surface area contributed by atoms with Crippen LogP contribution in [0.5, 0.6) is 0 Å². The van der Waals surface area contributed by atoms with Crippen molar-refractivity contribution in [3.8, 4) is 0 Å². The summed E-state index contributed by atoms with van der Waals surface area (Å²) in [7, 11) is 0. The number of hydrogen-bond donors (Lipinski definition) is 2. The van der Waals surface area contributed by atoms with E-state index in [1.165, 1.54) is 0 Å². The van der Waals surface area contributed by atoms with Gasteiger partial charge in [-0.3, -0.25) is 0 Å². The van der Waals surface area contributed by atoms with Gasteiger partial charge in [0, 0.05) is 18.8 Å². The molecule has 3 heteroatoms. The lowest BCUT2D eigenvalue weighted by Crippen LogP contribution is -2.43. The molecule has 0 aliphatic carbocycles. The second kappa shape index (κ2) is 5.58. The molecule has 1 atom stereocenters. The SMILES string of the molecule is CC1(NCCCCCO)CCOC1. The molecule has 0 bridgehead atoms. The minimum Gasteiger partial charge on any atom is -0.396 e. The third-order valence-corrected chi connectivity index (χ3v) is 2.61. The summed E-state index contributed by atoms with van der Waals surface area (Å²) in [5, 5.41) is 12.1.